The summed E-state index contributed by atoms with van der Waals surface area (Å²) < 4.78 is 5.72. The minimum Gasteiger partial charge on any atom is -0.375 e. The molecule has 14 heavy (non-hydrogen) atoms. The Morgan fingerprint density at radius 2 is 2.07 bits per heavy atom. The molecule has 2 nitrogen and oxygen atoms in total. The van der Waals surface area contributed by atoms with Crippen LogP contribution in [0.4, 0.5) is 0 Å². The van der Waals surface area contributed by atoms with E-state index in [4.69, 9.17) is 4.74 Å². The predicted molar refractivity (Wildman–Crippen MR) is 58.3 cm³/mol. The van der Waals surface area contributed by atoms with Crippen LogP contribution in [-0.2, 0) is 4.74 Å². The van der Waals surface area contributed by atoms with E-state index in [1.807, 2.05) is 0 Å². The summed E-state index contributed by atoms with van der Waals surface area (Å²) in [6.45, 7) is 8.87. The van der Waals surface area contributed by atoms with Gasteiger partial charge < -0.3 is 10.1 Å². The van der Waals surface area contributed by atoms with Crippen molar-refractivity contribution >= 4 is 0 Å². The first-order chi connectivity index (χ1) is 6.59. The molecule has 0 aromatic rings. The van der Waals surface area contributed by atoms with E-state index in [1.165, 1.54) is 19.3 Å². The fraction of sp³-hybridized carbons (Fsp3) is 1.00. The number of hydrogen-bond donors (Lipinski definition) is 1. The molecule has 0 bridgehead atoms. The Morgan fingerprint density at radius 3 is 2.50 bits per heavy atom. The van der Waals surface area contributed by atoms with Gasteiger partial charge in [0, 0.05) is 25.1 Å². The molecular weight excluding hydrogens is 174 g/mol. The Morgan fingerprint density at radius 1 is 1.29 bits per heavy atom. The fourth-order valence-electron chi connectivity index (χ4n) is 2.54. The van der Waals surface area contributed by atoms with Crippen molar-refractivity contribution in [1.82, 2.24) is 5.32 Å². The first kappa shape index (κ1) is 10.4. The monoisotopic (exact) mass is 197 g/mol. The van der Waals surface area contributed by atoms with Crippen molar-refractivity contribution in [1.29, 1.82) is 0 Å². The van der Waals surface area contributed by atoms with Crippen LogP contribution in [0.25, 0.3) is 0 Å². The maximum atomic E-state index is 5.72. The lowest BCUT2D eigenvalue weighted by Gasteiger charge is -2.37. The average Bonchev–Trinajstić information content (AvgIpc) is 2.44. The molecule has 1 aliphatic heterocycles. The standard InChI is InChI=1S/C12H23NO/c1-9-4-5-11(9)13-8-10-6-7-14-12(10,2)3/h9-11,13H,4-8H2,1-3H3. The van der Waals surface area contributed by atoms with Crippen LogP contribution in [0.2, 0.25) is 0 Å². The zero-order chi connectivity index (χ0) is 10.2. The van der Waals surface area contributed by atoms with E-state index in [0.717, 1.165) is 25.1 Å². The lowest BCUT2D eigenvalue weighted by Crippen LogP contribution is -2.46. The number of ether oxygens (including phenoxy) is 1. The minimum absolute atomic E-state index is 0.0972. The number of hydrogen-bond acceptors (Lipinski definition) is 2. The first-order valence-electron chi connectivity index (χ1n) is 5.97. The van der Waals surface area contributed by atoms with E-state index < -0.39 is 0 Å². The van der Waals surface area contributed by atoms with E-state index in [1.54, 1.807) is 0 Å². The zero-order valence-electron chi connectivity index (χ0n) is 9.68. The highest BCUT2D eigenvalue weighted by atomic mass is 16.5. The Bertz CT molecular complexity index is 202. The molecule has 2 aliphatic rings. The summed E-state index contributed by atoms with van der Waals surface area (Å²) >= 11 is 0. The van der Waals surface area contributed by atoms with Gasteiger partial charge in [0.25, 0.3) is 0 Å². The Kier molecular flexibility index (Phi) is 2.85. The summed E-state index contributed by atoms with van der Waals surface area (Å²) in [4.78, 5) is 0. The van der Waals surface area contributed by atoms with Gasteiger partial charge in [0.15, 0.2) is 0 Å². The molecule has 1 saturated heterocycles. The maximum Gasteiger partial charge on any atom is 0.0667 e. The second kappa shape index (κ2) is 3.82. The molecule has 82 valence electrons. The van der Waals surface area contributed by atoms with Crippen molar-refractivity contribution in [2.24, 2.45) is 11.8 Å². The second-order valence-corrected chi connectivity index (χ2v) is 5.51. The quantitative estimate of drug-likeness (QED) is 0.749. The molecule has 1 N–H and O–H groups in total. The van der Waals surface area contributed by atoms with Crippen LogP contribution in [0, 0.1) is 11.8 Å². The average molecular weight is 197 g/mol. The highest BCUT2D eigenvalue weighted by Crippen LogP contribution is 2.32. The van der Waals surface area contributed by atoms with Crippen LogP contribution in [0.15, 0.2) is 0 Å². The largest absolute Gasteiger partial charge is 0.375 e. The fourth-order valence-corrected chi connectivity index (χ4v) is 2.54. The molecule has 3 unspecified atom stereocenters. The molecular formula is C12H23NO. The number of rotatable bonds is 3. The van der Waals surface area contributed by atoms with Crippen LogP contribution in [0.5, 0.6) is 0 Å². The molecule has 1 saturated carbocycles. The third kappa shape index (κ3) is 1.96. The first-order valence-corrected chi connectivity index (χ1v) is 5.97. The molecule has 2 heteroatoms. The van der Waals surface area contributed by atoms with Crippen molar-refractivity contribution in [3.63, 3.8) is 0 Å². The summed E-state index contributed by atoms with van der Waals surface area (Å²) in [5, 5.41) is 3.69. The summed E-state index contributed by atoms with van der Waals surface area (Å²) in [6, 6.07) is 0.784. The van der Waals surface area contributed by atoms with Gasteiger partial charge in [-0.25, -0.2) is 0 Å². The molecule has 1 aliphatic carbocycles. The summed E-state index contributed by atoms with van der Waals surface area (Å²) in [5.41, 5.74) is 0.0972. The summed E-state index contributed by atoms with van der Waals surface area (Å²) in [7, 11) is 0. The predicted octanol–water partition coefficient (Wildman–Crippen LogP) is 2.19. The van der Waals surface area contributed by atoms with Gasteiger partial charge in [0.2, 0.25) is 0 Å². The SMILES string of the molecule is CC1CCC1NCC1CCOC1(C)C. The third-order valence-corrected chi connectivity index (χ3v) is 4.17. The van der Waals surface area contributed by atoms with Crippen LogP contribution in [0.3, 0.4) is 0 Å². The minimum atomic E-state index is 0.0972. The lowest BCUT2D eigenvalue weighted by molar-refractivity contribution is 0.00945. The van der Waals surface area contributed by atoms with Gasteiger partial charge in [0.05, 0.1) is 5.60 Å². The van der Waals surface area contributed by atoms with E-state index in [2.05, 4.69) is 26.1 Å². The smallest absolute Gasteiger partial charge is 0.0667 e. The molecule has 0 radical (unpaired) electrons. The van der Waals surface area contributed by atoms with Gasteiger partial charge in [0.1, 0.15) is 0 Å². The van der Waals surface area contributed by atoms with E-state index in [0.29, 0.717) is 5.92 Å². The van der Waals surface area contributed by atoms with E-state index in [9.17, 15) is 0 Å². The van der Waals surface area contributed by atoms with E-state index in [-0.39, 0.29) is 5.60 Å². The Hall–Kier alpha value is -0.0800. The van der Waals surface area contributed by atoms with Gasteiger partial charge in [-0.3, -0.25) is 0 Å². The molecule has 0 spiro atoms. The Balaban J connectivity index is 1.75. The molecule has 1 heterocycles. The number of nitrogens with one attached hydrogen (secondary N) is 1. The van der Waals surface area contributed by atoms with Gasteiger partial charge in [-0.1, -0.05) is 6.92 Å². The van der Waals surface area contributed by atoms with Gasteiger partial charge in [-0.05, 0) is 39.0 Å². The summed E-state index contributed by atoms with van der Waals surface area (Å²) in [5.74, 6) is 1.59. The van der Waals surface area contributed by atoms with Crippen molar-refractivity contribution in [2.75, 3.05) is 13.2 Å². The van der Waals surface area contributed by atoms with Gasteiger partial charge >= 0.3 is 0 Å². The summed E-state index contributed by atoms with van der Waals surface area (Å²) in [6.07, 6.45) is 4.00. The maximum absolute atomic E-state index is 5.72. The normalized spacial score (nSPS) is 40.9. The van der Waals surface area contributed by atoms with Crippen LogP contribution in [-0.4, -0.2) is 24.8 Å². The highest BCUT2D eigenvalue weighted by molar-refractivity contribution is 4.89. The molecule has 2 fully saturated rings. The third-order valence-electron chi connectivity index (χ3n) is 4.17. The van der Waals surface area contributed by atoms with Crippen molar-refractivity contribution in [3.8, 4) is 0 Å². The lowest BCUT2D eigenvalue weighted by atomic mass is 9.80. The molecule has 0 aromatic heterocycles. The Labute approximate surface area is 87.4 Å². The topological polar surface area (TPSA) is 21.3 Å². The van der Waals surface area contributed by atoms with Crippen LogP contribution in [0.1, 0.15) is 40.0 Å². The van der Waals surface area contributed by atoms with Crippen molar-refractivity contribution in [3.05, 3.63) is 0 Å². The molecule has 2 rings (SSSR count). The second-order valence-electron chi connectivity index (χ2n) is 5.51. The zero-order valence-corrected chi connectivity index (χ0v) is 9.68. The molecule has 0 aromatic carbocycles. The molecule has 0 amide bonds. The molecule has 3 atom stereocenters. The highest BCUT2D eigenvalue weighted by Gasteiger charge is 2.36. The van der Waals surface area contributed by atoms with E-state index >= 15 is 0 Å². The van der Waals surface area contributed by atoms with Crippen molar-refractivity contribution in [2.45, 2.75) is 51.7 Å². The van der Waals surface area contributed by atoms with Gasteiger partial charge in [-0.15, -0.1) is 0 Å². The van der Waals surface area contributed by atoms with Crippen LogP contribution >= 0.6 is 0 Å². The van der Waals surface area contributed by atoms with Gasteiger partial charge in [-0.2, -0.15) is 0 Å². The van der Waals surface area contributed by atoms with Crippen molar-refractivity contribution < 1.29 is 4.74 Å². The van der Waals surface area contributed by atoms with Crippen LogP contribution < -0.4 is 5.32 Å².